The molecule has 7 heteroatoms. The fourth-order valence-electron chi connectivity index (χ4n) is 3.89. The maximum atomic E-state index is 12.5. The van der Waals surface area contributed by atoms with Gasteiger partial charge in [-0.05, 0) is 51.0 Å². The van der Waals surface area contributed by atoms with Crippen LogP contribution in [0.2, 0.25) is 0 Å². The van der Waals surface area contributed by atoms with Crippen molar-refractivity contribution in [1.82, 2.24) is 10.6 Å². The van der Waals surface area contributed by atoms with Crippen molar-refractivity contribution in [3.63, 3.8) is 0 Å². The standard InChI is InChI=1S/C18H33N3O4/c1-24-9-10-25-12-17(22)20-15-7-5-13(6-8-15)18(23)21-16-4-2-3-14(16)11-19/h13-16H,2-12,19H2,1H3,(H,20,22)(H,21,23). The highest BCUT2D eigenvalue weighted by molar-refractivity contribution is 5.79. The molecule has 0 heterocycles. The van der Waals surface area contributed by atoms with Gasteiger partial charge in [0.25, 0.3) is 0 Å². The lowest BCUT2D eigenvalue weighted by Crippen LogP contribution is -2.45. The van der Waals surface area contributed by atoms with E-state index in [-0.39, 0.29) is 36.4 Å². The second kappa shape index (κ2) is 10.7. The molecule has 2 amide bonds. The molecule has 2 rings (SSSR count). The minimum absolute atomic E-state index is 0.0603. The van der Waals surface area contributed by atoms with Crippen LogP contribution in [0.5, 0.6) is 0 Å². The Kier molecular flexibility index (Phi) is 8.64. The maximum absolute atomic E-state index is 12.5. The highest BCUT2D eigenvalue weighted by atomic mass is 16.5. The van der Waals surface area contributed by atoms with Gasteiger partial charge in [-0.25, -0.2) is 0 Å². The summed E-state index contributed by atoms with van der Waals surface area (Å²) in [5, 5.41) is 6.20. The van der Waals surface area contributed by atoms with Crippen molar-refractivity contribution in [1.29, 1.82) is 0 Å². The summed E-state index contributed by atoms with van der Waals surface area (Å²) in [7, 11) is 1.60. The van der Waals surface area contributed by atoms with Crippen molar-refractivity contribution in [3.05, 3.63) is 0 Å². The summed E-state index contributed by atoms with van der Waals surface area (Å²) in [6.45, 7) is 1.61. The molecule has 2 aliphatic carbocycles. The Bertz CT molecular complexity index is 425. The summed E-state index contributed by atoms with van der Waals surface area (Å²) in [4.78, 5) is 24.3. The molecule has 0 aromatic heterocycles. The lowest BCUT2D eigenvalue weighted by Gasteiger charge is -2.30. The van der Waals surface area contributed by atoms with E-state index < -0.39 is 0 Å². The van der Waals surface area contributed by atoms with Gasteiger partial charge in [-0.2, -0.15) is 0 Å². The fourth-order valence-corrected chi connectivity index (χ4v) is 3.89. The molecule has 0 aromatic carbocycles. The third-order valence-corrected chi connectivity index (χ3v) is 5.42. The van der Waals surface area contributed by atoms with Crippen LogP contribution in [0.1, 0.15) is 44.9 Å². The third-order valence-electron chi connectivity index (χ3n) is 5.42. The molecule has 2 unspecified atom stereocenters. The van der Waals surface area contributed by atoms with Crippen molar-refractivity contribution in [2.24, 2.45) is 17.6 Å². The molecule has 4 N–H and O–H groups in total. The molecule has 0 radical (unpaired) electrons. The number of carbonyl (C=O) groups excluding carboxylic acids is 2. The van der Waals surface area contributed by atoms with Crippen molar-refractivity contribution < 1.29 is 19.1 Å². The molecule has 7 nitrogen and oxygen atoms in total. The van der Waals surface area contributed by atoms with Crippen LogP contribution in [0.25, 0.3) is 0 Å². The molecule has 0 spiro atoms. The van der Waals surface area contributed by atoms with Crippen LogP contribution in [-0.4, -0.2) is 57.4 Å². The molecule has 25 heavy (non-hydrogen) atoms. The molecule has 2 saturated carbocycles. The highest BCUT2D eigenvalue weighted by Gasteiger charge is 2.32. The van der Waals surface area contributed by atoms with Gasteiger partial charge in [0.15, 0.2) is 0 Å². The van der Waals surface area contributed by atoms with E-state index in [0.29, 0.717) is 25.7 Å². The Balaban J connectivity index is 1.63. The predicted molar refractivity (Wildman–Crippen MR) is 94.9 cm³/mol. The zero-order valence-corrected chi connectivity index (χ0v) is 15.3. The zero-order valence-electron chi connectivity index (χ0n) is 15.3. The minimum atomic E-state index is -0.0965. The Hall–Kier alpha value is -1.18. The van der Waals surface area contributed by atoms with E-state index in [0.717, 1.165) is 44.9 Å². The van der Waals surface area contributed by atoms with Crippen LogP contribution in [0.15, 0.2) is 0 Å². The molecular weight excluding hydrogens is 322 g/mol. The van der Waals surface area contributed by atoms with Gasteiger partial charge in [-0.3, -0.25) is 9.59 Å². The molecule has 0 aliphatic heterocycles. The number of methoxy groups -OCH3 is 1. The van der Waals surface area contributed by atoms with Crippen molar-refractivity contribution >= 4 is 11.8 Å². The number of ether oxygens (including phenoxy) is 2. The van der Waals surface area contributed by atoms with Crippen molar-refractivity contribution in [3.8, 4) is 0 Å². The van der Waals surface area contributed by atoms with Crippen molar-refractivity contribution in [2.45, 2.75) is 57.0 Å². The first-order valence-electron chi connectivity index (χ1n) is 9.50. The molecule has 0 aromatic rings. The monoisotopic (exact) mass is 355 g/mol. The smallest absolute Gasteiger partial charge is 0.246 e. The van der Waals surface area contributed by atoms with Gasteiger partial charge in [0.1, 0.15) is 6.61 Å². The van der Waals surface area contributed by atoms with E-state index >= 15 is 0 Å². The number of carbonyl (C=O) groups is 2. The average molecular weight is 355 g/mol. The number of nitrogens with one attached hydrogen (secondary N) is 2. The van der Waals surface area contributed by atoms with Crippen LogP contribution in [0.4, 0.5) is 0 Å². The number of amides is 2. The van der Waals surface area contributed by atoms with Crippen LogP contribution in [-0.2, 0) is 19.1 Å². The van der Waals surface area contributed by atoms with Gasteiger partial charge in [0.05, 0.1) is 13.2 Å². The molecular formula is C18H33N3O4. The van der Waals surface area contributed by atoms with Gasteiger partial charge in [-0.1, -0.05) is 6.42 Å². The summed E-state index contributed by atoms with van der Waals surface area (Å²) < 4.78 is 10.1. The highest BCUT2D eigenvalue weighted by Crippen LogP contribution is 2.28. The molecule has 144 valence electrons. The number of rotatable bonds is 9. The van der Waals surface area contributed by atoms with Gasteiger partial charge in [0, 0.05) is 25.1 Å². The SMILES string of the molecule is COCCOCC(=O)NC1CCC(C(=O)NC2CCCC2CN)CC1. The van der Waals surface area contributed by atoms with Crippen LogP contribution in [0, 0.1) is 11.8 Å². The van der Waals surface area contributed by atoms with Gasteiger partial charge in [-0.15, -0.1) is 0 Å². The predicted octanol–water partition coefficient (Wildman–Crippen LogP) is 0.568. The zero-order chi connectivity index (χ0) is 18.1. The second-order valence-corrected chi connectivity index (χ2v) is 7.20. The van der Waals surface area contributed by atoms with E-state index in [2.05, 4.69) is 10.6 Å². The number of hydrogen-bond acceptors (Lipinski definition) is 5. The van der Waals surface area contributed by atoms with E-state index in [4.69, 9.17) is 15.2 Å². The summed E-state index contributed by atoms with van der Waals surface area (Å²) in [5.74, 6) is 0.557. The Morgan fingerprint density at radius 1 is 1.04 bits per heavy atom. The minimum Gasteiger partial charge on any atom is -0.382 e. The Morgan fingerprint density at radius 3 is 2.48 bits per heavy atom. The van der Waals surface area contributed by atoms with Gasteiger partial charge >= 0.3 is 0 Å². The number of hydrogen-bond donors (Lipinski definition) is 3. The summed E-state index contributed by atoms with van der Waals surface area (Å²) >= 11 is 0. The molecule has 2 fully saturated rings. The van der Waals surface area contributed by atoms with E-state index in [1.807, 2.05) is 0 Å². The van der Waals surface area contributed by atoms with Crippen molar-refractivity contribution in [2.75, 3.05) is 33.5 Å². The molecule has 2 aliphatic rings. The normalized spacial score (nSPS) is 29.4. The Morgan fingerprint density at radius 2 is 1.80 bits per heavy atom. The van der Waals surface area contributed by atoms with Crippen LogP contribution < -0.4 is 16.4 Å². The summed E-state index contributed by atoms with van der Waals surface area (Å²) in [6.07, 6.45) is 6.63. The van der Waals surface area contributed by atoms with Crippen LogP contribution >= 0.6 is 0 Å². The summed E-state index contributed by atoms with van der Waals surface area (Å²) in [5.41, 5.74) is 5.79. The molecule has 0 saturated heterocycles. The lowest BCUT2D eigenvalue weighted by atomic mass is 9.85. The quantitative estimate of drug-likeness (QED) is 0.525. The fraction of sp³-hybridized carbons (Fsp3) is 0.889. The van der Waals surface area contributed by atoms with E-state index in [1.54, 1.807) is 7.11 Å². The molecule has 2 atom stereocenters. The second-order valence-electron chi connectivity index (χ2n) is 7.20. The van der Waals surface area contributed by atoms with Gasteiger partial charge in [0.2, 0.25) is 11.8 Å². The van der Waals surface area contributed by atoms with Crippen LogP contribution in [0.3, 0.4) is 0 Å². The lowest BCUT2D eigenvalue weighted by molar-refractivity contribution is -0.128. The first kappa shape index (κ1) is 20.1. The number of nitrogens with two attached hydrogens (primary N) is 1. The average Bonchev–Trinajstić information content (AvgIpc) is 3.06. The molecule has 0 bridgehead atoms. The largest absolute Gasteiger partial charge is 0.382 e. The van der Waals surface area contributed by atoms with Gasteiger partial charge < -0.3 is 25.8 Å². The van der Waals surface area contributed by atoms with E-state index in [9.17, 15) is 9.59 Å². The van der Waals surface area contributed by atoms with E-state index in [1.165, 1.54) is 0 Å². The third kappa shape index (κ3) is 6.56. The first-order valence-corrected chi connectivity index (χ1v) is 9.50. The Labute approximate surface area is 150 Å². The summed E-state index contributed by atoms with van der Waals surface area (Å²) in [6, 6.07) is 0.394. The maximum Gasteiger partial charge on any atom is 0.246 e. The first-order chi connectivity index (χ1) is 12.1. The topological polar surface area (TPSA) is 103 Å².